The van der Waals surface area contributed by atoms with Crippen molar-refractivity contribution in [2.45, 2.75) is 39.2 Å². The molecule has 37 heavy (non-hydrogen) atoms. The summed E-state index contributed by atoms with van der Waals surface area (Å²) in [4.78, 5) is 34.1. The van der Waals surface area contributed by atoms with Crippen LogP contribution in [0.5, 0.6) is 0 Å². The average molecular weight is 548 g/mol. The number of carboxylic acid groups (broad SMARTS) is 2. The number of thiophene rings is 1. The number of nitrogens with two attached hydrogens (primary N) is 1. The van der Waals surface area contributed by atoms with E-state index in [-0.39, 0.29) is 31.0 Å². The normalized spacial score (nSPS) is 12.8. The van der Waals surface area contributed by atoms with Gasteiger partial charge in [-0.3, -0.25) is 9.48 Å². The second kappa shape index (κ2) is 13.9. The first-order valence-corrected chi connectivity index (χ1v) is 12.3. The molecule has 11 heteroatoms. The van der Waals surface area contributed by atoms with Crippen molar-refractivity contribution in [1.29, 1.82) is 0 Å². The molecular formula is C26H30FN3O5S2. The summed E-state index contributed by atoms with van der Waals surface area (Å²) in [5, 5.41) is 20.1. The van der Waals surface area contributed by atoms with E-state index in [0.29, 0.717) is 31.5 Å². The number of benzene rings is 1. The first-order chi connectivity index (χ1) is 17.2. The lowest BCUT2D eigenvalue weighted by Crippen LogP contribution is -2.20. The van der Waals surface area contributed by atoms with E-state index < -0.39 is 11.9 Å². The lowest BCUT2D eigenvalue weighted by atomic mass is 9.93. The number of nitrogens with zero attached hydrogens (tertiary/aromatic N) is 2. The van der Waals surface area contributed by atoms with Crippen LogP contribution in [0.1, 0.15) is 38.5 Å². The molecule has 0 saturated heterocycles. The van der Waals surface area contributed by atoms with Crippen molar-refractivity contribution in [3.05, 3.63) is 75.4 Å². The molecule has 0 saturated carbocycles. The van der Waals surface area contributed by atoms with Gasteiger partial charge < -0.3 is 15.9 Å². The summed E-state index contributed by atoms with van der Waals surface area (Å²) in [6.45, 7) is 3.38. The lowest BCUT2D eigenvalue weighted by Gasteiger charge is -2.13. The number of rotatable bonds is 8. The lowest BCUT2D eigenvalue weighted by molar-refractivity contribution is -0.134. The highest BCUT2D eigenvalue weighted by molar-refractivity contribution is 7.59. The van der Waals surface area contributed by atoms with E-state index >= 15 is 0 Å². The number of carboxylic acids is 2. The van der Waals surface area contributed by atoms with Crippen molar-refractivity contribution in [3.63, 3.8) is 0 Å². The quantitative estimate of drug-likeness (QED) is 0.284. The molecule has 0 bridgehead atoms. The van der Waals surface area contributed by atoms with Crippen LogP contribution in [-0.2, 0) is 29.0 Å². The van der Waals surface area contributed by atoms with Crippen LogP contribution in [0, 0.1) is 18.7 Å². The molecule has 2 aromatic heterocycles. The Hall–Kier alpha value is -3.28. The third kappa shape index (κ3) is 8.38. The molecule has 0 radical (unpaired) electrons. The predicted octanol–water partition coefficient (Wildman–Crippen LogP) is 4.22. The zero-order valence-corrected chi connectivity index (χ0v) is 22.1. The minimum Gasteiger partial charge on any atom is -0.478 e. The van der Waals surface area contributed by atoms with Crippen molar-refractivity contribution < 1.29 is 29.0 Å². The van der Waals surface area contributed by atoms with Gasteiger partial charge in [-0.15, -0.1) is 11.3 Å². The summed E-state index contributed by atoms with van der Waals surface area (Å²) in [6, 6.07) is 8.56. The molecule has 1 aliphatic heterocycles. The van der Waals surface area contributed by atoms with Gasteiger partial charge in [0.25, 0.3) is 0 Å². The number of fused-ring (bicyclic) bond motifs is 3. The highest BCUT2D eigenvalue weighted by Crippen LogP contribution is 2.37. The fourth-order valence-corrected chi connectivity index (χ4v) is 5.23. The zero-order chi connectivity index (χ0) is 26.2. The van der Waals surface area contributed by atoms with E-state index in [1.807, 2.05) is 18.3 Å². The van der Waals surface area contributed by atoms with Gasteiger partial charge in [0.15, 0.2) is 5.78 Å². The molecule has 0 fully saturated rings. The number of hydrogen-bond acceptors (Lipinski definition) is 6. The summed E-state index contributed by atoms with van der Waals surface area (Å²) in [6.07, 6.45) is 6.00. The molecule has 1 atom stereocenters. The molecule has 198 valence electrons. The first kappa shape index (κ1) is 29.9. The van der Waals surface area contributed by atoms with Gasteiger partial charge >= 0.3 is 11.9 Å². The monoisotopic (exact) mass is 547 g/mol. The predicted molar refractivity (Wildman–Crippen MR) is 145 cm³/mol. The fraction of sp³-hybridized carbons (Fsp3) is 0.308. The van der Waals surface area contributed by atoms with E-state index in [0.717, 1.165) is 46.6 Å². The van der Waals surface area contributed by atoms with E-state index in [1.54, 1.807) is 17.4 Å². The molecule has 4 N–H and O–H groups in total. The molecular weight excluding hydrogens is 517 g/mol. The SMILES string of the molecule is Cc1cnn2c1-c1cc(C(=O)C[C@H](CN)Cc3cccc(F)c3)sc1CCC2.O=C(O)/C=C\C(=O)O.S. The van der Waals surface area contributed by atoms with Crippen molar-refractivity contribution in [2.24, 2.45) is 11.7 Å². The van der Waals surface area contributed by atoms with Gasteiger partial charge in [-0.25, -0.2) is 14.0 Å². The molecule has 3 aromatic rings. The summed E-state index contributed by atoms with van der Waals surface area (Å²) >= 11 is 1.60. The molecule has 4 rings (SSSR count). The van der Waals surface area contributed by atoms with Gasteiger partial charge in [0.05, 0.1) is 16.8 Å². The maximum absolute atomic E-state index is 13.4. The van der Waals surface area contributed by atoms with Crippen LogP contribution >= 0.6 is 24.8 Å². The topological polar surface area (TPSA) is 136 Å². The minimum absolute atomic E-state index is 0. The summed E-state index contributed by atoms with van der Waals surface area (Å²) in [5.41, 5.74) is 10.2. The smallest absolute Gasteiger partial charge is 0.328 e. The first-order valence-electron chi connectivity index (χ1n) is 11.4. The molecule has 3 heterocycles. The fourth-order valence-electron chi connectivity index (χ4n) is 4.08. The van der Waals surface area contributed by atoms with Crippen molar-refractivity contribution in [1.82, 2.24) is 9.78 Å². The minimum atomic E-state index is -1.26. The Morgan fingerprint density at radius 2 is 1.92 bits per heavy atom. The van der Waals surface area contributed by atoms with Crippen LogP contribution in [0.25, 0.3) is 11.3 Å². The van der Waals surface area contributed by atoms with Gasteiger partial charge in [-0.05, 0) is 68.0 Å². The van der Waals surface area contributed by atoms with Crippen LogP contribution in [-0.4, -0.2) is 44.3 Å². The van der Waals surface area contributed by atoms with Crippen LogP contribution in [0.3, 0.4) is 0 Å². The van der Waals surface area contributed by atoms with Crippen molar-refractivity contribution in [2.75, 3.05) is 6.54 Å². The van der Waals surface area contributed by atoms with Crippen LogP contribution in [0.2, 0.25) is 0 Å². The number of ketones is 1. The van der Waals surface area contributed by atoms with Crippen molar-refractivity contribution in [3.8, 4) is 11.3 Å². The highest BCUT2D eigenvalue weighted by atomic mass is 32.1. The number of halogens is 1. The number of Topliss-reactive ketones (excluding diaryl/α,β-unsaturated/α-hetero) is 1. The van der Waals surface area contributed by atoms with Crippen LogP contribution in [0.4, 0.5) is 4.39 Å². The van der Waals surface area contributed by atoms with Crippen LogP contribution < -0.4 is 5.73 Å². The molecule has 0 unspecified atom stereocenters. The van der Waals surface area contributed by atoms with Crippen LogP contribution in [0.15, 0.2) is 48.7 Å². The summed E-state index contributed by atoms with van der Waals surface area (Å²) in [5.74, 6) is -2.65. The van der Waals surface area contributed by atoms with E-state index in [2.05, 4.69) is 16.7 Å². The molecule has 0 spiro atoms. The molecule has 1 aromatic carbocycles. The highest BCUT2D eigenvalue weighted by Gasteiger charge is 2.23. The zero-order valence-electron chi connectivity index (χ0n) is 20.3. The number of aromatic nitrogens is 2. The Balaban J connectivity index is 0.000000467. The van der Waals surface area contributed by atoms with Gasteiger partial charge in [0.2, 0.25) is 0 Å². The number of carbonyl (C=O) groups excluding carboxylic acids is 1. The maximum atomic E-state index is 13.4. The average Bonchev–Trinajstić information content (AvgIpc) is 3.36. The maximum Gasteiger partial charge on any atom is 0.328 e. The Morgan fingerprint density at radius 1 is 1.22 bits per heavy atom. The summed E-state index contributed by atoms with van der Waals surface area (Å²) < 4.78 is 15.5. The Labute approximate surface area is 225 Å². The summed E-state index contributed by atoms with van der Waals surface area (Å²) in [7, 11) is 0. The number of aryl methyl sites for hydroxylation is 3. The Kier molecular flexibility index (Phi) is 11.2. The number of hydrogen-bond donors (Lipinski definition) is 3. The second-order valence-electron chi connectivity index (χ2n) is 8.52. The standard InChI is InChI=1S/C22H24FN3OS.C4H4O4.H2S/c1-14-13-25-26-7-3-6-20-18(22(14)26)11-21(28-20)19(27)10-16(12-24)8-15-4-2-5-17(23)9-15;5-3(6)1-2-4(7)8;/h2,4-5,9,11,13,16H,3,6-8,10,12,24H2,1H3;1-2H,(H,5,6)(H,7,8);1H2/b;2-1-;/t16-;;/m1../s1. The van der Waals surface area contributed by atoms with Gasteiger partial charge in [0.1, 0.15) is 5.82 Å². The van der Waals surface area contributed by atoms with Gasteiger partial charge in [0, 0.05) is 35.6 Å². The number of carbonyl (C=O) groups is 3. The third-order valence-corrected chi connectivity index (χ3v) is 6.96. The largest absolute Gasteiger partial charge is 0.478 e. The van der Waals surface area contributed by atoms with E-state index in [1.165, 1.54) is 17.0 Å². The Bertz CT molecular complexity index is 1270. The molecule has 1 aliphatic rings. The second-order valence-corrected chi connectivity index (χ2v) is 9.66. The van der Waals surface area contributed by atoms with E-state index in [9.17, 15) is 18.8 Å². The van der Waals surface area contributed by atoms with E-state index in [4.69, 9.17) is 15.9 Å². The Morgan fingerprint density at radius 3 is 2.54 bits per heavy atom. The molecule has 0 amide bonds. The molecule has 8 nitrogen and oxygen atoms in total. The van der Waals surface area contributed by atoms with Gasteiger partial charge in [-0.2, -0.15) is 18.6 Å². The number of aliphatic carboxylic acids is 2. The third-order valence-electron chi connectivity index (χ3n) is 5.72. The van der Waals surface area contributed by atoms with Crippen molar-refractivity contribution >= 4 is 42.6 Å². The molecule has 0 aliphatic carbocycles. The van der Waals surface area contributed by atoms with Gasteiger partial charge in [-0.1, -0.05) is 12.1 Å².